The van der Waals surface area contributed by atoms with Crippen LogP contribution >= 0.6 is 0 Å². The normalized spacial score (nSPS) is 20.3. The summed E-state index contributed by atoms with van der Waals surface area (Å²) < 4.78 is 1.26. The topological polar surface area (TPSA) is 75.4 Å². The van der Waals surface area contributed by atoms with E-state index in [0.717, 1.165) is 13.0 Å². The van der Waals surface area contributed by atoms with E-state index in [1.807, 2.05) is 4.90 Å². The Labute approximate surface area is 98.5 Å². The molecule has 0 saturated carbocycles. The molecule has 0 unspecified atom stereocenters. The number of anilines is 1. The van der Waals surface area contributed by atoms with E-state index >= 15 is 0 Å². The molecule has 0 spiro atoms. The molecule has 17 heavy (non-hydrogen) atoms. The summed E-state index contributed by atoms with van der Waals surface area (Å²) in [6, 6.07) is 3.10. The molecule has 92 valence electrons. The van der Waals surface area contributed by atoms with E-state index in [0.29, 0.717) is 18.8 Å². The molecule has 1 aromatic rings. The van der Waals surface area contributed by atoms with Crippen molar-refractivity contribution in [3.63, 3.8) is 0 Å². The van der Waals surface area contributed by atoms with Gasteiger partial charge in [0.2, 0.25) is 0 Å². The molecule has 6 heteroatoms. The Hall–Kier alpha value is -1.85. The summed E-state index contributed by atoms with van der Waals surface area (Å²) in [6.07, 6.45) is 1.54. The highest BCUT2D eigenvalue weighted by molar-refractivity contribution is 5.71. The Morgan fingerprint density at radius 3 is 2.94 bits per heavy atom. The van der Waals surface area contributed by atoms with Gasteiger partial charge in [-0.05, 0) is 18.9 Å². The van der Waals surface area contributed by atoms with Gasteiger partial charge in [0.1, 0.15) is 5.82 Å². The first-order valence-electron chi connectivity index (χ1n) is 5.60. The number of carboxylic acids is 1. The van der Waals surface area contributed by atoms with Gasteiger partial charge in [0.25, 0.3) is 5.56 Å². The summed E-state index contributed by atoms with van der Waals surface area (Å²) >= 11 is 0. The van der Waals surface area contributed by atoms with Crippen molar-refractivity contribution in [2.75, 3.05) is 18.0 Å². The lowest BCUT2D eigenvalue weighted by Gasteiger charge is -2.31. The first-order chi connectivity index (χ1) is 8.08. The Morgan fingerprint density at radius 1 is 1.53 bits per heavy atom. The largest absolute Gasteiger partial charge is 0.481 e. The summed E-state index contributed by atoms with van der Waals surface area (Å²) in [7, 11) is 1.59. The van der Waals surface area contributed by atoms with Crippen LogP contribution in [-0.4, -0.2) is 33.9 Å². The molecule has 0 radical (unpaired) electrons. The third-order valence-corrected chi connectivity index (χ3v) is 3.04. The van der Waals surface area contributed by atoms with E-state index in [9.17, 15) is 9.59 Å². The number of aromatic nitrogens is 2. The average molecular weight is 237 g/mol. The molecule has 0 bridgehead atoms. The zero-order chi connectivity index (χ0) is 12.4. The lowest BCUT2D eigenvalue weighted by Crippen LogP contribution is -2.40. The first-order valence-corrected chi connectivity index (χ1v) is 5.60. The van der Waals surface area contributed by atoms with Crippen molar-refractivity contribution in [3.05, 3.63) is 22.5 Å². The fourth-order valence-electron chi connectivity index (χ4n) is 2.05. The van der Waals surface area contributed by atoms with Crippen molar-refractivity contribution in [2.24, 2.45) is 13.0 Å². The van der Waals surface area contributed by atoms with Crippen LogP contribution < -0.4 is 10.5 Å². The molecule has 6 nitrogen and oxygen atoms in total. The minimum Gasteiger partial charge on any atom is -0.481 e. The third-order valence-electron chi connectivity index (χ3n) is 3.04. The SMILES string of the molecule is Cn1nc(N2CCC[C@@H](C(=O)O)C2)ccc1=O. The number of piperidine rings is 1. The van der Waals surface area contributed by atoms with Gasteiger partial charge in [0.15, 0.2) is 0 Å². The Balaban J connectivity index is 2.19. The molecular formula is C11H15N3O3. The molecular weight excluding hydrogens is 222 g/mol. The zero-order valence-electron chi connectivity index (χ0n) is 9.67. The predicted molar refractivity (Wildman–Crippen MR) is 62.1 cm³/mol. The molecule has 2 rings (SSSR count). The van der Waals surface area contributed by atoms with E-state index in [1.165, 1.54) is 10.7 Å². The molecule has 1 aliphatic rings. The van der Waals surface area contributed by atoms with Crippen molar-refractivity contribution < 1.29 is 9.90 Å². The quantitative estimate of drug-likeness (QED) is 0.788. The first kappa shape index (κ1) is 11.6. The lowest BCUT2D eigenvalue weighted by atomic mass is 9.98. The summed E-state index contributed by atoms with van der Waals surface area (Å²) in [5.74, 6) is -0.444. The predicted octanol–water partition coefficient (Wildman–Crippen LogP) is 0.0813. The monoisotopic (exact) mass is 237 g/mol. The third kappa shape index (κ3) is 2.46. The Kier molecular flexibility index (Phi) is 3.12. The van der Waals surface area contributed by atoms with Gasteiger partial charge in [0.05, 0.1) is 5.92 Å². The number of carbonyl (C=O) groups is 1. The minimum absolute atomic E-state index is 0.166. The molecule has 0 aromatic carbocycles. The second kappa shape index (κ2) is 4.57. The molecule has 1 N–H and O–H groups in total. The average Bonchev–Trinajstić information content (AvgIpc) is 2.33. The number of rotatable bonds is 2. The van der Waals surface area contributed by atoms with Gasteiger partial charge in [-0.2, -0.15) is 5.10 Å². The maximum absolute atomic E-state index is 11.2. The number of hydrogen-bond acceptors (Lipinski definition) is 4. The van der Waals surface area contributed by atoms with Gasteiger partial charge >= 0.3 is 5.97 Å². The fourth-order valence-corrected chi connectivity index (χ4v) is 2.05. The van der Waals surface area contributed by atoms with Crippen LogP contribution in [0.4, 0.5) is 5.82 Å². The van der Waals surface area contributed by atoms with Gasteiger partial charge in [-0.1, -0.05) is 0 Å². The van der Waals surface area contributed by atoms with E-state index in [-0.39, 0.29) is 11.5 Å². The standard InChI is InChI=1S/C11H15N3O3/c1-13-10(15)5-4-9(12-13)14-6-2-3-8(7-14)11(16)17/h4-5,8H,2-3,6-7H2,1H3,(H,16,17)/t8-/m1/s1. The highest BCUT2D eigenvalue weighted by atomic mass is 16.4. The van der Waals surface area contributed by atoms with Gasteiger partial charge in [0, 0.05) is 26.2 Å². The highest BCUT2D eigenvalue weighted by Gasteiger charge is 2.26. The maximum atomic E-state index is 11.2. The van der Waals surface area contributed by atoms with E-state index in [1.54, 1.807) is 13.1 Å². The number of nitrogens with zero attached hydrogens (tertiary/aromatic N) is 3. The van der Waals surface area contributed by atoms with Crippen LogP contribution in [0.3, 0.4) is 0 Å². The van der Waals surface area contributed by atoms with E-state index in [4.69, 9.17) is 5.11 Å². The number of aliphatic carboxylic acids is 1. The smallest absolute Gasteiger partial charge is 0.308 e. The van der Waals surface area contributed by atoms with E-state index in [2.05, 4.69) is 5.10 Å². The van der Waals surface area contributed by atoms with Crippen LogP contribution in [0.2, 0.25) is 0 Å². The Bertz CT molecular complexity index is 483. The maximum Gasteiger partial charge on any atom is 0.308 e. The summed E-state index contributed by atoms with van der Waals surface area (Å²) in [5.41, 5.74) is -0.166. The van der Waals surface area contributed by atoms with Crippen LogP contribution in [0, 0.1) is 5.92 Å². The van der Waals surface area contributed by atoms with Gasteiger partial charge in [-0.25, -0.2) is 4.68 Å². The molecule has 1 aromatic heterocycles. The summed E-state index contributed by atoms with van der Waals surface area (Å²) in [6.45, 7) is 1.25. The molecule has 1 saturated heterocycles. The van der Waals surface area contributed by atoms with Crippen molar-refractivity contribution in [1.29, 1.82) is 0 Å². The minimum atomic E-state index is -0.764. The zero-order valence-corrected chi connectivity index (χ0v) is 9.67. The van der Waals surface area contributed by atoms with Gasteiger partial charge < -0.3 is 10.0 Å². The molecule has 1 atom stereocenters. The molecule has 2 heterocycles. The molecule has 1 aliphatic heterocycles. The van der Waals surface area contributed by atoms with Crippen molar-refractivity contribution in [1.82, 2.24) is 9.78 Å². The Morgan fingerprint density at radius 2 is 2.29 bits per heavy atom. The summed E-state index contributed by atoms with van der Waals surface area (Å²) in [4.78, 5) is 24.1. The highest BCUT2D eigenvalue weighted by Crippen LogP contribution is 2.20. The molecule has 0 amide bonds. The van der Waals surface area contributed by atoms with Crippen molar-refractivity contribution in [3.8, 4) is 0 Å². The molecule has 1 fully saturated rings. The van der Waals surface area contributed by atoms with Crippen molar-refractivity contribution >= 4 is 11.8 Å². The second-order valence-corrected chi connectivity index (χ2v) is 4.28. The second-order valence-electron chi connectivity index (χ2n) is 4.28. The van der Waals surface area contributed by atoms with Crippen LogP contribution in [0.5, 0.6) is 0 Å². The number of carboxylic acid groups (broad SMARTS) is 1. The summed E-state index contributed by atoms with van der Waals surface area (Å²) in [5, 5.41) is 13.1. The fraction of sp³-hybridized carbons (Fsp3) is 0.545. The van der Waals surface area contributed by atoms with Crippen LogP contribution in [0.15, 0.2) is 16.9 Å². The number of aryl methyl sites for hydroxylation is 1. The van der Waals surface area contributed by atoms with Crippen LogP contribution in [0.1, 0.15) is 12.8 Å². The van der Waals surface area contributed by atoms with Crippen LogP contribution in [0.25, 0.3) is 0 Å². The molecule has 0 aliphatic carbocycles. The van der Waals surface area contributed by atoms with Crippen LogP contribution in [-0.2, 0) is 11.8 Å². The number of hydrogen-bond donors (Lipinski definition) is 1. The lowest BCUT2D eigenvalue weighted by molar-refractivity contribution is -0.141. The van der Waals surface area contributed by atoms with Crippen molar-refractivity contribution in [2.45, 2.75) is 12.8 Å². The van der Waals surface area contributed by atoms with Gasteiger partial charge in [-0.15, -0.1) is 0 Å². The van der Waals surface area contributed by atoms with E-state index < -0.39 is 5.97 Å². The van der Waals surface area contributed by atoms with Gasteiger partial charge in [-0.3, -0.25) is 9.59 Å².